The third-order valence-electron chi connectivity index (χ3n) is 3.62. The van der Waals surface area contributed by atoms with Crippen LogP contribution in [0.3, 0.4) is 0 Å². The first-order valence-electron chi connectivity index (χ1n) is 5.34. The molecule has 3 aliphatic rings. The van der Waals surface area contributed by atoms with Gasteiger partial charge in [-0.3, -0.25) is 14.5 Å². The fourth-order valence-corrected chi connectivity index (χ4v) is 2.79. The molecule has 3 fully saturated rings. The van der Waals surface area contributed by atoms with E-state index in [1.807, 2.05) is 0 Å². The number of ether oxygens (including phenoxy) is 1. The minimum atomic E-state index is -0.124. The Hall–Kier alpha value is -1.16. The minimum absolute atomic E-state index is 0.0288. The molecule has 0 N–H and O–H groups in total. The average Bonchev–Trinajstić information content (AvgIpc) is 2.95. The summed E-state index contributed by atoms with van der Waals surface area (Å²) in [6.07, 6.45) is 3.55. The van der Waals surface area contributed by atoms with Gasteiger partial charge in [0.25, 0.3) is 0 Å². The van der Waals surface area contributed by atoms with Crippen molar-refractivity contribution in [3.8, 4) is 0 Å². The van der Waals surface area contributed by atoms with Crippen molar-refractivity contribution in [2.24, 2.45) is 11.8 Å². The first-order chi connectivity index (χ1) is 7.22. The summed E-state index contributed by atoms with van der Waals surface area (Å²) in [6.45, 7) is 3.91. The molecule has 80 valence electrons. The third kappa shape index (κ3) is 1.17. The molecule has 1 aliphatic carbocycles. The fraction of sp³-hybridized carbons (Fsp3) is 0.636. The number of nitrogens with zero attached hydrogens (tertiary/aromatic N) is 1. The van der Waals surface area contributed by atoms with Gasteiger partial charge in [-0.25, -0.2) is 0 Å². The van der Waals surface area contributed by atoms with Gasteiger partial charge in [-0.15, -0.1) is 6.58 Å². The maximum Gasteiger partial charge on any atom is 0.233 e. The Morgan fingerprint density at radius 3 is 2.27 bits per heavy atom. The summed E-state index contributed by atoms with van der Waals surface area (Å²) in [7, 11) is 0. The zero-order valence-corrected chi connectivity index (χ0v) is 8.39. The molecule has 0 radical (unpaired) electrons. The van der Waals surface area contributed by atoms with E-state index in [1.165, 1.54) is 4.90 Å². The zero-order chi connectivity index (χ0) is 10.6. The van der Waals surface area contributed by atoms with Crippen LogP contribution in [0.4, 0.5) is 0 Å². The highest BCUT2D eigenvalue weighted by atomic mass is 16.6. The fourth-order valence-electron chi connectivity index (χ4n) is 2.79. The highest BCUT2D eigenvalue weighted by Crippen LogP contribution is 2.46. The quantitative estimate of drug-likeness (QED) is 0.372. The number of amides is 2. The lowest BCUT2D eigenvalue weighted by molar-refractivity contribution is -0.139. The Morgan fingerprint density at radius 2 is 1.80 bits per heavy atom. The predicted molar refractivity (Wildman–Crippen MR) is 51.8 cm³/mol. The molecule has 4 heteroatoms. The van der Waals surface area contributed by atoms with Crippen LogP contribution < -0.4 is 0 Å². The number of likely N-dealkylation sites (tertiary alicyclic amines) is 1. The lowest BCUT2D eigenvalue weighted by atomic mass is 9.81. The molecule has 0 aromatic rings. The highest BCUT2D eigenvalue weighted by molar-refractivity contribution is 6.05. The molecule has 3 rings (SSSR count). The molecule has 0 aromatic heterocycles. The molecule has 0 bridgehead atoms. The maximum absolute atomic E-state index is 11.9. The number of hydrogen-bond acceptors (Lipinski definition) is 3. The van der Waals surface area contributed by atoms with Crippen molar-refractivity contribution in [2.45, 2.75) is 25.0 Å². The predicted octanol–water partition coefficient (Wildman–Crippen LogP) is 0.335. The number of carbonyl (C=O) groups is 2. The number of rotatable bonds is 2. The van der Waals surface area contributed by atoms with Crippen LogP contribution in [0.25, 0.3) is 0 Å². The Kier molecular flexibility index (Phi) is 1.77. The van der Waals surface area contributed by atoms with E-state index in [0.717, 1.165) is 12.8 Å². The van der Waals surface area contributed by atoms with Crippen molar-refractivity contribution in [3.63, 3.8) is 0 Å². The highest BCUT2D eigenvalue weighted by Gasteiger charge is 2.57. The van der Waals surface area contributed by atoms with Gasteiger partial charge in [-0.2, -0.15) is 0 Å². The maximum atomic E-state index is 11.9. The molecule has 2 aliphatic heterocycles. The second-order valence-electron chi connectivity index (χ2n) is 4.47. The van der Waals surface area contributed by atoms with Gasteiger partial charge in [-0.05, 0) is 12.8 Å². The van der Waals surface area contributed by atoms with Crippen molar-refractivity contribution in [1.29, 1.82) is 0 Å². The molecule has 1 saturated carbocycles. The largest absolute Gasteiger partial charge is 0.370 e. The normalized spacial score (nSPS) is 42.5. The molecule has 2 saturated heterocycles. The van der Waals surface area contributed by atoms with E-state index >= 15 is 0 Å². The molecular weight excluding hydrogens is 194 g/mol. The third-order valence-corrected chi connectivity index (χ3v) is 3.62. The van der Waals surface area contributed by atoms with Crippen LogP contribution in [0.2, 0.25) is 0 Å². The number of carbonyl (C=O) groups excluding carboxylic acids is 2. The number of imide groups is 1. The van der Waals surface area contributed by atoms with Crippen LogP contribution in [-0.2, 0) is 14.3 Å². The molecule has 4 nitrogen and oxygen atoms in total. The van der Waals surface area contributed by atoms with E-state index in [-0.39, 0.29) is 35.9 Å². The molecule has 0 aromatic carbocycles. The van der Waals surface area contributed by atoms with Crippen LogP contribution in [0.5, 0.6) is 0 Å². The van der Waals surface area contributed by atoms with Crippen LogP contribution in [0.15, 0.2) is 12.7 Å². The summed E-state index contributed by atoms with van der Waals surface area (Å²) in [4.78, 5) is 25.2. The van der Waals surface area contributed by atoms with Gasteiger partial charge in [0.2, 0.25) is 11.8 Å². The number of fused-ring (bicyclic) bond motifs is 2. The minimum Gasteiger partial charge on any atom is -0.370 e. The second kappa shape index (κ2) is 2.92. The van der Waals surface area contributed by atoms with Crippen LogP contribution in [0.1, 0.15) is 12.8 Å². The van der Waals surface area contributed by atoms with Crippen LogP contribution >= 0.6 is 0 Å². The van der Waals surface area contributed by atoms with E-state index in [9.17, 15) is 9.59 Å². The van der Waals surface area contributed by atoms with Crippen LogP contribution in [0, 0.1) is 11.8 Å². The smallest absolute Gasteiger partial charge is 0.233 e. The summed E-state index contributed by atoms with van der Waals surface area (Å²) in [5.41, 5.74) is 0. The van der Waals surface area contributed by atoms with Crippen molar-refractivity contribution in [3.05, 3.63) is 12.7 Å². The molecule has 0 spiro atoms. The Balaban J connectivity index is 1.85. The first-order valence-corrected chi connectivity index (χ1v) is 5.34. The van der Waals surface area contributed by atoms with Gasteiger partial charge in [0.15, 0.2) is 0 Å². The van der Waals surface area contributed by atoms with Crippen molar-refractivity contribution < 1.29 is 14.3 Å². The molecule has 0 unspecified atom stereocenters. The summed E-state index contributed by atoms with van der Waals surface area (Å²) >= 11 is 0. The molecule has 4 atom stereocenters. The molecule has 2 heterocycles. The van der Waals surface area contributed by atoms with Gasteiger partial charge < -0.3 is 4.74 Å². The lowest BCUT2D eigenvalue weighted by Crippen LogP contribution is -2.31. The van der Waals surface area contributed by atoms with Crippen molar-refractivity contribution in [2.75, 3.05) is 6.54 Å². The zero-order valence-electron chi connectivity index (χ0n) is 8.39. The van der Waals surface area contributed by atoms with Crippen molar-refractivity contribution in [1.82, 2.24) is 4.90 Å². The second-order valence-corrected chi connectivity index (χ2v) is 4.47. The van der Waals surface area contributed by atoms with E-state index in [2.05, 4.69) is 6.58 Å². The molecular formula is C11H13NO3. The van der Waals surface area contributed by atoms with Gasteiger partial charge in [-0.1, -0.05) is 6.08 Å². The van der Waals surface area contributed by atoms with Gasteiger partial charge >= 0.3 is 0 Å². The Morgan fingerprint density at radius 1 is 1.27 bits per heavy atom. The number of hydrogen-bond donors (Lipinski definition) is 0. The van der Waals surface area contributed by atoms with E-state index < -0.39 is 0 Å². The van der Waals surface area contributed by atoms with E-state index in [1.54, 1.807) is 6.08 Å². The molecule has 15 heavy (non-hydrogen) atoms. The molecule has 2 amide bonds. The Labute approximate surface area is 87.9 Å². The summed E-state index contributed by atoms with van der Waals surface area (Å²) < 4.78 is 5.36. The average molecular weight is 207 g/mol. The topological polar surface area (TPSA) is 49.9 Å². The summed E-state index contributed by atoms with van der Waals surface area (Å²) in [5.74, 6) is -0.305. The number of epoxide rings is 1. The Bertz CT molecular complexity index is 324. The monoisotopic (exact) mass is 207 g/mol. The van der Waals surface area contributed by atoms with Gasteiger partial charge in [0.1, 0.15) is 0 Å². The first kappa shape index (κ1) is 9.09. The summed E-state index contributed by atoms with van der Waals surface area (Å²) in [5, 5.41) is 0. The lowest BCUT2D eigenvalue weighted by Gasteiger charge is -2.16. The van der Waals surface area contributed by atoms with Crippen molar-refractivity contribution >= 4 is 11.8 Å². The summed E-state index contributed by atoms with van der Waals surface area (Å²) in [6, 6.07) is 0. The van der Waals surface area contributed by atoms with E-state index in [0.29, 0.717) is 6.54 Å². The SMILES string of the molecule is C=CCN1C(=O)[C@H]2C[C@H]3O[C@H]3C[C@H]2C1=O. The standard InChI is InChI=1S/C11H13NO3/c1-2-3-12-10(13)6-4-8-9(15-8)5-7(6)11(12)14/h2,6-9H,1,3-5H2/t6-,7+,8+,9-. The van der Waals surface area contributed by atoms with Gasteiger partial charge in [0.05, 0.1) is 24.0 Å². The van der Waals surface area contributed by atoms with Gasteiger partial charge in [0, 0.05) is 6.54 Å². The van der Waals surface area contributed by atoms with E-state index in [4.69, 9.17) is 4.74 Å². The van der Waals surface area contributed by atoms with Crippen LogP contribution in [-0.4, -0.2) is 35.5 Å².